The van der Waals surface area contributed by atoms with Crippen molar-refractivity contribution in [1.82, 2.24) is 14.5 Å². The van der Waals surface area contributed by atoms with Gasteiger partial charge in [0, 0.05) is 33.7 Å². The first-order chi connectivity index (χ1) is 13.2. The van der Waals surface area contributed by atoms with E-state index in [0.717, 1.165) is 17.0 Å². The number of aromatic nitrogens is 2. The van der Waals surface area contributed by atoms with Gasteiger partial charge in [0.2, 0.25) is 0 Å². The van der Waals surface area contributed by atoms with Crippen LogP contribution in [0.4, 0.5) is 8.78 Å². The molecule has 0 radical (unpaired) electrons. The third kappa shape index (κ3) is 1.80. The van der Waals surface area contributed by atoms with E-state index in [1.165, 1.54) is 0 Å². The van der Waals surface area contributed by atoms with Crippen molar-refractivity contribution >= 4 is 28.5 Å². The standard InChI is InChI=1S/C18H12ClF2N3O/c1-23-14-7-13(15-9(18(23)25)3-4-10(20)16(15)21)24-12-6-8(19)2-5-11(12)22-17(14)24/h2-6,13-14H,7H2,1H3/t13-,14-/m1/s1/i1D3. The summed E-state index contributed by atoms with van der Waals surface area (Å²) < 4.78 is 54.2. The van der Waals surface area contributed by atoms with Crippen LogP contribution < -0.4 is 0 Å². The Morgan fingerprint density at radius 1 is 1.28 bits per heavy atom. The summed E-state index contributed by atoms with van der Waals surface area (Å²) in [5, 5.41) is 0.429. The zero-order valence-electron chi connectivity index (χ0n) is 15.6. The SMILES string of the molecule is [2H]C([2H])([2H])N1C(=O)c2ccc(F)c(F)c2[C@H]2C[C@@H]1c1nc3ccc(Cl)cc3n12. The van der Waals surface area contributed by atoms with E-state index < -0.39 is 36.6 Å². The molecule has 0 spiro atoms. The lowest BCUT2D eigenvalue weighted by Crippen LogP contribution is -2.30. The lowest BCUT2D eigenvalue weighted by atomic mass is 9.98. The van der Waals surface area contributed by atoms with Gasteiger partial charge < -0.3 is 9.47 Å². The predicted molar refractivity (Wildman–Crippen MR) is 88.7 cm³/mol. The second kappa shape index (κ2) is 4.79. The molecular weight excluding hydrogens is 348 g/mol. The van der Waals surface area contributed by atoms with Gasteiger partial charge in [-0.15, -0.1) is 0 Å². The maximum atomic E-state index is 14.8. The molecule has 4 nitrogen and oxygen atoms in total. The Hall–Kier alpha value is -2.47. The summed E-state index contributed by atoms with van der Waals surface area (Å²) >= 11 is 6.10. The first-order valence-electron chi connectivity index (χ1n) is 9.17. The molecule has 7 heteroatoms. The summed E-state index contributed by atoms with van der Waals surface area (Å²) in [7, 11) is 0. The fourth-order valence-electron chi connectivity index (χ4n) is 3.89. The molecule has 1 aromatic heterocycles. The molecule has 1 amide bonds. The molecule has 0 saturated carbocycles. The van der Waals surface area contributed by atoms with Crippen LogP contribution in [-0.4, -0.2) is 27.3 Å². The normalized spacial score (nSPS) is 23.7. The van der Waals surface area contributed by atoms with E-state index in [-0.39, 0.29) is 17.5 Å². The van der Waals surface area contributed by atoms with Crippen molar-refractivity contribution in [1.29, 1.82) is 0 Å². The summed E-state index contributed by atoms with van der Waals surface area (Å²) in [5.41, 5.74) is 0.800. The van der Waals surface area contributed by atoms with Crippen molar-refractivity contribution in [3.05, 3.63) is 63.9 Å². The molecule has 3 heterocycles. The largest absolute Gasteiger partial charge is 0.331 e. The molecule has 0 fully saturated rings. The highest BCUT2D eigenvalue weighted by molar-refractivity contribution is 6.31. The molecule has 0 aliphatic carbocycles. The fourth-order valence-corrected chi connectivity index (χ4v) is 4.05. The van der Waals surface area contributed by atoms with Crippen molar-refractivity contribution in [3.63, 3.8) is 0 Å². The van der Waals surface area contributed by atoms with Gasteiger partial charge in [0.05, 0.1) is 23.1 Å². The van der Waals surface area contributed by atoms with E-state index in [9.17, 15) is 13.6 Å². The minimum absolute atomic E-state index is 0.0856. The van der Waals surface area contributed by atoms with Gasteiger partial charge in [0.1, 0.15) is 5.82 Å². The maximum absolute atomic E-state index is 14.8. The van der Waals surface area contributed by atoms with Crippen LogP contribution in [0.15, 0.2) is 30.3 Å². The van der Waals surface area contributed by atoms with Crippen LogP contribution in [0.5, 0.6) is 0 Å². The van der Waals surface area contributed by atoms with Gasteiger partial charge in [-0.2, -0.15) is 0 Å². The van der Waals surface area contributed by atoms with Crippen LogP contribution in [0.2, 0.25) is 5.02 Å². The molecular formula is C18H12ClF2N3O. The number of halogens is 3. The Morgan fingerprint density at radius 2 is 2.12 bits per heavy atom. The van der Waals surface area contributed by atoms with Gasteiger partial charge in [-0.1, -0.05) is 11.6 Å². The van der Waals surface area contributed by atoms with E-state index >= 15 is 0 Å². The number of imidazole rings is 1. The van der Waals surface area contributed by atoms with Gasteiger partial charge in [-0.05, 0) is 30.3 Å². The lowest BCUT2D eigenvalue weighted by molar-refractivity contribution is 0.0734. The zero-order chi connectivity index (χ0) is 20.0. The summed E-state index contributed by atoms with van der Waals surface area (Å²) in [6, 6.07) is 5.25. The highest BCUT2D eigenvalue weighted by atomic mass is 35.5. The highest BCUT2D eigenvalue weighted by Crippen LogP contribution is 2.48. The Balaban J connectivity index is 1.90. The number of rotatable bonds is 0. The van der Waals surface area contributed by atoms with Crippen molar-refractivity contribution in [2.45, 2.75) is 18.5 Å². The second-order valence-corrected chi connectivity index (χ2v) is 6.67. The van der Waals surface area contributed by atoms with Crippen LogP contribution in [-0.2, 0) is 0 Å². The van der Waals surface area contributed by atoms with Gasteiger partial charge in [0.15, 0.2) is 11.6 Å². The lowest BCUT2D eigenvalue weighted by Gasteiger charge is -2.24. The van der Waals surface area contributed by atoms with Crippen LogP contribution in [0.3, 0.4) is 0 Å². The summed E-state index contributed by atoms with van der Waals surface area (Å²) in [6.45, 7) is -2.77. The molecule has 0 saturated heterocycles. The number of benzene rings is 2. The number of nitrogens with zero attached hydrogens (tertiary/aromatic N) is 3. The average molecular weight is 363 g/mol. The van der Waals surface area contributed by atoms with Crippen molar-refractivity contribution in [2.24, 2.45) is 0 Å². The van der Waals surface area contributed by atoms with E-state index in [1.807, 2.05) is 0 Å². The number of hydrogen-bond acceptors (Lipinski definition) is 2. The third-order valence-electron chi connectivity index (χ3n) is 4.96. The number of carbonyl (C=O) groups is 1. The zero-order valence-corrected chi connectivity index (χ0v) is 13.4. The number of hydrogen-bond donors (Lipinski definition) is 0. The van der Waals surface area contributed by atoms with Gasteiger partial charge >= 0.3 is 0 Å². The number of amides is 1. The molecule has 2 aliphatic heterocycles. The monoisotopic (exact) mass is 362 g/mol. The van der Waals surface area contributed by atoms with Crippen molar-refractivity contribution in [2.75, 3.05) is 6.98 Å². The minimum atomic E-state index is -2.77. The molecule has 3 aromatic rings. The molecule has 2 aromatic carbocycles. The van der Waals surface area contributed by atoms with Gasteiger partial charge in [-0.25, -0.2) is 13.8 Å². The Morgan fingerprint density at radius 3 is 2.92 bits per heavy atom. The Bertz CT molecular complexity index is 1180. The van der Waals surface area contributed by atoms with Crippen LogP contribution in [0.25, 0.3) is 11.0 Å². The summed E-state index contributed by atoms with van der Waals surface area (Å²) in [4.78, 5) is 18.3. The average Bonchev–Trinajstić information content (AvgIpc) is 3.09. The topological polar surface area (TPSA) is 38.1 Å². The van der Waals surface area contributed by atoms with Gasteiger partial charge in [-0.3, -0.25) is 4.79 Å². The smallest absolute Gasteiger partial charge is 0.254 e. The third-order valence-corrected chi connectivity index (χ3v) is 5.20. The molecule has 5 rings (SSSR count). The molecule has 0 unspecified atom stereocenters. The highest BCUT2D eigenvalue weighted by Gasteiger charge is 2.45. The quantitative estimate of drug-likeness (QED) is 0.604. The Labute approximate surface area is 150 Å². The molecule has 25 heavy (non-hydrogen) atoms. The summed E-state index contributed by atoms with van der Waals surface area (Å²) in [5.74, 6) is -2.79. The van der Waals surface area contributed by atoms with Crippen LogP contribution in [0.1, 0.15) is 44.4 Å². The number of carbonyl (C=O) groups excluding carboxylic acids is 1. The van der Waals surface area contributed by atoms with E-state index in [4.69, 9.17) is 15.7 Å². The van der Waals surface area contributed by atoms with E-state index in [0.29, 0.717) is 21.9 Å². The van der Waals surface area contributed by atoms with Gasteiger partial charge in [0.25, 0.3) is 5.91 Å². The van der Waals surface area contributed by atoms with E-state index in [1.54, 1.807) is 22.8 Å². The summed E-state index contributed by atoms with van der Waals surface area (Å²) in [6.07, 6.45) is 0.0856. The van der Waals surface area contributed by atoms with Crippen LogP contribution >= 0.6 is 11.6 Å². The molecule has 2 bridgehead atoms. The fraction of sp³-hybridized carbons (Fsp3) is 0.222. The maximum Gasteiger partial charge on any atom is 0.254 e. The first kappa shape index (κ1) is 12.0. The first-order valence-corrected chi connectivity index (χ1v) is 8.05. The van der Waals surface area contributed by atoms with E-state index in [2.05, 4.69) is 4.98 Å². The van der Waals surface area contributed by atoms with Crippen molar-refractivity contribution in [3.8, 4) is 0 Å². The van der Waals surface area contributed by atoms with Crippen molar-refractivity contribution < 1.29 is 17.7 Å². The Kier molecular flexibility index (Phi) is 2.29. The predicted octanol–water partition coefficient (Wildman–Crippen LogP) is 4.09. The minimum Gasteiger partial charge on any atom is -0.331 e. The molecule has 0 N–H and O–H groups in total. The number of fused-ring (bicyclic) bond motifs is 9. The molecule has 2 atom stereocenters. The molecule has 2 aliphatic rings. The van der Waals surface area contributed by atoms with Crippen LogP contribution in [0, 0.1) is 11.6 Å². The second-order valence-electron chi connectivity index (χ2n) is 6.24. The molecule has 126 valence electrons.